The van der Waals surface area contributed by atoms with Crippen LogP contribution in [-0.2, 0) is 11.3 Å². The third-order valence-electron chi connectivity index (χ3n) is 5.40. The summed E-state index contributed by atoms with van der Waals surface area (Å²) in [6, 6.07) is 13.6. The molecule has 0 spiro atoms. The first-order valence-corrected chi connectivity index (χ1v) is 11.6. The van der Waals surface area contributed by atoms with Gasteiger partial charge in [-0.1, -0.05) is 41.4 Å². The lowest BCUT2D eigenvalue weighted by Crippen LogP contribution is -2.49. The second-order valence-electron chi connectivity index (χ2n) is 9.15. The Hall–Kier alpha value is -2.44. The van der Waals surface area contributed by atoms with E-state index in [0.29, 0.717) is 23.1 Å². The average molecular weight is 475 g/mol. The molecule has 1 saturated heterocycles. The topological polar surface area (TPSA) is 59.4 Å². The smallest absolute Gasteiger partial charge is 0.407 e. The number of anilines is 1. The third-order valence-corrected chi connectivity index (χ3v) is 5.99. The highest BCUT2D eigenvalue weighted by molar-refractivity contribution is 6.35. The predicted octanol–water partition coefficient (Wildman–Crippen LogP) is 5.88. The standard InChI is InChI=1S/C24H28Cl2N4O2/c1-24(2,3)32-23(31)27-18-7-6-12-29(15-18)22-28-20-8-4-5-9-21(20)30(22)14-16-10-11-17(25)13-19(16)26/h4-5,8-11,13,18H,6-7,12,14-15H2,1-3H3,(H,27,31)/t18-/m1/s1. The monoisotopic (exact) mass is 474 g/mol. The van der Waals surface area contributed by atoms with Gasteiger partial charge in [-0.05, 0) is 63.4 Å². The number of rotatable bonds is 4. The van der Waals surface area contributed by atoms with Crippen LogP contribution in [0.25, 0.3) is 11.0 Å². The minimum Gasteiger partial charge on any atom is -0.444 e. The van der Waals surface area contributed by atoms with Crippen molar-refractivity contribution in [2.45, 2.75) is 51.8 Å². The van der Waals surface area contributed by atoms with Crippen molar-refractivity contribution in [3.63, 3.8) is 0 Å². The van der Waals surface area contributed by atoms with E-state index in [4.69, 9.17) is 32.9 Å². The number of fused-ring (bicyclic) bond motifs is 1. The van der Waals surface area contributed by atoms with Crippen LogP contribution < -0.4 is 10.2 Å². The molecule has 0 aliphatic carbocycles. The van der Waals surface area contributed by atoms with Crippen LogP contribution in [0.5, 0.6) is 0 Å². The van der Waals surface area contributed by atoms with Crippen LogP contribution in [0.2, 0.25) is 10.0 Å². The number of amides is 1. The van der Waals surface area contributed by atoms with Crippen LogP contribution in [-0.4, -0.2) is 40.4 Å². The van der Waals surface area contributed by atoms with Crippen molar-refractivity contribution < 1.29 is 9.53 Å². The fraction of sp³-hybridized carbons (Fsp3) is 0.417. The molecule has 1 N–H and O–H groups in total. The molecule has 0 radical (unpaired) electrons. The van der Waals surface area contributed by atoms with Crippen molar-refractivity contribution >= 4 is 46.3 Å². The van der Waals surface area contributed by atoms with Crippen molar-refractivity contribution in [1.82, 2.24) is 14.9 Å². The number of hydrogen-bond donors (Lipinski definition) is 1. The Kier molecular flexibility index (Phi) is 6.54. The number of hydrogen-bond acceptors (Lipinski definition) is 4. The van der Waals surface area contributed by atoms with Gasteiger partial charge in [-0.2, -0.15) is 0 Å². The van der Waals surface area contributed by atoms with Gasteiger partial charge in [-0.25, -0.2) is 9.78 Å². The summed E-state index contributed by atoms with van der Waals surface area (Å²) >= 11 is 12.6. The maximum absolute atomic E-state index is 12.3. The molecule has 32 heavy (non-hydrogen) atoms. The minimum atomic E-state index is -0.524. The third kappa shape index (κ3) is 5.30. The molecule has 2 heterocycles. The maximum atomic E-state index is 12.3. The first kappa shape index (κ1) is 22.7. The number of aromatic nitrogens is 2. The van der Waals surface area contributed by atoms with Gasteiger partial charge in [-0.15, -0.1) is 0 Å². The van der Waals surface area contributed by atoms with E-state index in [1.807, 2.05) is 51.1 Å². The van der Waals surface area contributed by atoms with Crippen LogP contribution in [0.3, 0.4) is 0 Å². The number of piperidine rings is 1. The van der Waals surface area contributed by atoms with Gasteiger partial charge >= 0.3 is 6.09 Å². The summed E-state index contributed by atoms with van der Waals surface area (Å²) in [7, 11) is 0. The van der Waals surface area contributed by atoms with E-state index >= 15 is 0 Å². The van der Waals surface area contributed by atoms with Gasteiger partial charge in [-0.3, -0.25) is 0 Å². The number of para-hydroxylation sites is 2. The van der Waals surface area contributed by atoms with Crippen LogP contribution in [0, 0.1) is 0 Å². The van der Waals surface area contributed by atoms with Gasteiger partial charge < -0.3 is 19.5 Å². The van der Waals surface area contributed by atoms with E-state index < -0.39 is 5.60 Å². The molecular weight excluding hydrogens is 447 g/mol. The molecule has 1 aliphatic rings. The molecule has 1 atom stereocenters. The number of carbonyl (C=O) groups excluding carboxylic acids is 1. The van der Waals surface area contributed by atoms with Gasteiger partial charge in [0.05, 0.1) is 17.6 Å². The van der Waals surface area contributed by atoms with Crippen molar-refractivity contribution in [1.29, 1.82) is 0 Å². The molecule has 1 fully saturated rings. The molecule has 6 nitrogen and oxygen atoms in total. The number of halogens is 2. The number of nitrogens with one attached hydrogen (secondary N) is 1. The lowest BCUT2D eigenvalue weighted by molar-refractivity contribution is 0.0500. The Labute approximate surface area is 198 Å². The zero-order valence-electron chi connectivity index (χ0n) is 18.6. The van der Waals surface area contributed by atoms with E-state index in [0.717, 1.165) is 41.9 Å². The number of ether oxygens (including phenoxy) is 1. The number of benzene rings is 2. The molecule has 0 bridgehead atoms. The summed E-state index contributed by atoms with van der Waals surface area (Å²) in [6.45, 7) is 7.70. The Balaban J connectivity index is 1.60. The predicted molar refractivity (Wildman–Crippen MR) is 130 cm³/mol. The normalized spacial score (nSPS) is 16.9. The van der Waals surface area contributed by atoms with Crippen molar-refractivity contribution in [3.05, 3.63) is 58.1 Å². The largest absolute Gasteiger partial charge is 0.444 e. The van der Waals surface area contributed by atoms with Crippen LogP contribution >= 0.6 is 23.2 Å². The number of imidazole rings is 1. The molecule has 1 amide bonds. The summed E-state index contributed by atoms with van der Waals surface area (Å²) in [6.07, 6.45) is 1.47. The van der Waals surface area contributed by atoms with E-state index in [-0.39, 0.29) is 12.1 Å². The molecule has 3 aromatic rings. The second kappa shape index (κ2) is 9.20. The second-order valence-corrected chi connectivity index (χ2v) is 10.00. The summed E-state index contributed by atoms with van der Waals surface area (Å²) in [5, 5.41) is 4.26. The Morgan fingerprint density at radius 2 is 2.00 bits per heavy atom. The number of carbonyl (C=O) groups is 1. The van der Waals surface area contributed by atoms with Gasteiger partial charge in [0.1, 0.15) is 5.60 Å². The summed E-state index contributed by atoms with van der Waals surface area (Å²) in [5.74, 6) is 0.868. The van der Waals surface area contributed by atoms with Gasteiger partial charge in [0.15, 0.2) is 0 Å². The quantitative estimate of drug-likeness (QED) is 0.512. The molecule has 0 unspecified atom stereocenters. The minimum absolute atomic E-state index is 0.00835. The van der Waals surface area contributed by atoms with E-state index in [1.165, 1.54) is 0 Å². The lowest BCUT2D eigenvalue weighted by Gasteiger charge is -2.34. The van der Waals surface area contributed by atoms with E-state index in [9.17, 15) is 4.79 Å². The Morgan fingerprint density at radius 3 is 2.75 bits per heavy atom. The van der Waals surface area contributed by atoms with Crippen molar-refractivity contribution in [2.75, 3.05) is 18.0 Å². The van der Waals surface area contributed by atoms with Crippen molar-refractivity contribution in [2.24, 2.45) is 0 Å². The molecule has 4 rings (SSSR count). The first-order chi connectivity index (χ1) is 15.2. The average Bonchev–Trinajstić information content (AvgIpc) is 3.07. The lowest BCUT2D eigenvalue weighted by atomic mass is 10.1. The highest BCUT2D eigenvalue weighted by Crippen LogP contribution is 2.29. The SMILES string of the molecule is CC(C)(C)OC(=O)N[C@@H]1CCCN(c2nc3ccccc3n2Cc2ccc(Cl)cc2Cl)C1. The summed E-state index contributed by atoms with van der Waals surface area (Å²) < 4.78 is 7.62. The fourth-order valence-electron chi connectivity index (χ4n) is 4.03. The molecule has 0 saturated carbocycles. The fourth-order valence-corrected chi connectivity index (χ4v) is 4.50. The summed E-state index contributed by atoms with van der Waals surface area (Å²) in [4.78, 5) is 19.4. The van der Waals surface area contributed by atoms with E-state index in [1.54, 1.807) is 6.07 Å². The van der Waals surface area contributed by atoms with Crippen LogP contribution in [0.4, 0.5) is 10.7 Å². The van der Waals surface area contributed by atoms with E-state index in [2.05, 4.69) is 20.9 Å². The zero-order chi connectivity index (χ0) is 22.9. The molecular formula is C24H28Cl2N4O2. The summed E-state index contributed by atoms with van der Waals surface area (Å²) in [5.41, 5.74) is 2.41. The molecule has 1 aliphatic heterocycles. The number of alkyl carbamates (subject to hydrolysis) is 1. The van der Waals surface area contributed by atoms with Gasteiger partial charge in [0.2, 0.25) is 5.95 Å². The maximum Gasteiger partial charge on any atom is 0.407 e. The zero-order valence-corrected chi connectivity index (χ0v) is 20.1. The van der Waals surface area contributed by atoms with Gasteiger partial charge in [0.25, 0.3) is 0 Å². The first-order valence-electron chi connectivity index (χ1n) is 10.8. The highest BCUT2D eigenvalue weighted by atomic mass is 35.5. The molecule has 1 aromatic heterocycles. The molecule has 8 heteroatoms. The Bertz CT molecular complexity index is 1120. The Morgan fingerprint density at radius 1 is 1.22 bits per heavy atom. The van der Waals surface area contributed by atoms with Crippen LogP contribution in [0.1, 0.15) is 39.2 Å². The number of nitrogens with zero attached hydrogens (tertiary/aromatic N) is 3. The highest BCUT2D eigenvalue weighted by Gasteiger charge is 2.27. The molecule has 170 valence electrons. The van der Waals surface area contributed by atoms with Gasteiger partial charge in [0, 0.05) is 29.2 Å². The van der Waals surface area contributed by atoms with Crippen molar-refractivity contribution in [3.8, 4) is 0 Å². The molecule has 2 aromatic carbocycles. The van der Waals surface area contributed by atoms with Crippen LogP contribution in [0.15, 0.2) is 42.5 Å².